The Kier molecular flexibility index (Phi) is 7.75. The van der Waals surface area contributed by atoms with E-state index < -0.39 is 0 Å². The highest BCUT2D eigenvalue weighted by molar-refractivity contribution is 5.25. The van der Waals surface area contributed by atoms with Gasteiger partial charge < -0.3 is 5.73 Å². The zero-order valence-electron chi connectivity index (χ0n) is 12.1. The van der Waals surface area contributed by atoms with Crippen molar-refractivity contribution < 1.29 is 0 Å². The molecule has 1 aromatic carbocycles. The molecule has 1 aromatic rings. The van der Waals surface area contributed by atoms with Crippen molar-refractivity contribution in [2.75, 3.05) is 6.54 Å². The molecule has 18 heavy (non-hydrogen) atoms. The number of unbranched alkanes of at least 4 members (excludes halogenated alkanes) is 5. The molecule has 1 nitrogen and oxygen atoms in total. The van der Waals surface area contributed by atoms with E-state index in [1.54, 1.807) is 0 Å². The maximum atomic E-state index is 5.92. The molecule has 1 rings (SSSR count). The second kappa shape index (κ2) is 9.16. The van der Waals surface area contributed by atoms with E-state index >= 15 is 0 Å². The first-order chi connectivity index (χ1) is 8.77. The standard InChI is InChI=1S/C17H29N/c1-3-4-5-6-7-8-11-17(14-18)16-12-9-10-15(2)13-16/h9-10,12-13,17H,3-8,11,14,18H2,1-2H3. The minimum Gasteiger partial charge on any atom is -0.330 e. The maximum absolute atomic E-state index is 5.92. The second-order valence-electron chi connectivity index (χ2n) is 5.40. The fraction of sp³-hybridized carbons (Fsp3) is 0.647. The van der Waals surface area contributed by atoms with Crippen molar-refractivity contribution in [1.82, 2.24) is 0 Å². The van der Waals surface area contributed by atoms with Gasteiger partial charge in [0.2, 0.25) is 0 Å². The molecule has 1 unspecified atom stereocenters. The lowest BCUT2D eigenvalue weighted by Gasteiger charge is -2.15. The van der Waals surface area contributed by atoms with E-state index in [4.69, 9.17) is 5.73 Å². The van der Waals surface area contributed by atoms with Crippen LogP contribution in [0.5, 0.6) is 0 Å². The summed E-state index contributed by atoms with van der Waals surface area (Å²) in [6.07, 6.45) is 9.42. The average molecular weight is 247 g/mol. The Morgan fingerprint density at radius 2 is 1.78 bits per heavy atom. The smallest absolute Gasteiger partial charge is 0.000824 e. The van der Waals surface area contributed by atoms with Gasteiger partial charge in [-0.25, -0.2) is 0 Å². The molecule has 0 spiro atoms. The molecule has 0 saturated carbocycles. The lowest BCUT2D eigenvalue weighted by Crippen LogP contribution is -2.12. The Balaban J connectivity index is 2.29. The molecule has 0 bridgehead atoms. The molecule has 0 aliphatic carbocycles. The van der Waals surface area contributed by atoms with Gasteiger partial charge in [-0.1, -0.05) is 75.3 Å². The van der Waals surface area contributed by atoms with Crippen LogP contribution in [-0.2, 0) is 0 Å². The number of aryl methyl sites for hydroxylation is 1. The molecule has 0 saturated heterocycles. The van der Waals surface area contributed by atoms with Crippen molar-refractivity contribution >= 4 is 0 Å². The van der Waals surface area contributed by atoms with E-state index in [0.717, 1.165) is 6.54 Å². The summed E-state index contributed by atoms with van der Waals surface area (Å²) in [6.45, 7) is 5.20. The highest BCUT2D eigenvalue weighted by Crippen LogP contribution is 2.22. The van der Waals surface area contributed by atoms with E-state index in [2.05, 4.69) is 38.1 Å². The van der Waals surface area contributed by atoms with E-state index in [-0.39, 0.29) is 0 Å². The summed E-state index contributed by atoms with van der Waals surface area (Å²) in [5.41, 5.74) is 8.68. The van der Waals surface area contributed by atoms with Crippen LogP contribution < -0.4 is 5.73 Å². The quantitative estimate of drug-likeness (QED) is 0.624. The molecule has 0 heterocycles. The number of hydrogen-bond donors (Lipinski definition) is 1. The second-order valence-corrected chi connectivity index (χ2v) is 5.40. The lowest BCUT2D eigenvalue weighted by atomic mass is 9.92. The van der Waals surface area contributed by atoms with Crippen molar-refractivity contribution in [1.29, 1.82) is 0 Å². The Morgan fingerprint density at radius 3 is 2.44 bits per heavy atom. The summed E-state index contributed by atoms with van der Waals surface area (Å²) in [7, 11) is 0. The molecular formula is C17H29N. The summed E-state index contributed by atoms with van der Waals surface area (Å²) < 4.78 is 0. The van der Waals surface area contributed by atoms with Gasteiger partial charge in [-0.15, -0.1) is 0 Å². The van der Waals surface area contributed by atoms with Gasteiger partial charge in [-0.2, -0.15) is 0 Å². The van der Waals surface area contributed by atoms with E-state index in [0.29, 0.717) is 5.92 Å². The van der Waals surface area contributed by atoms with Crippen molar-refractivity contribution in [3.63, 3.8) is 0 Å². The van der Waals surface area contributed by atoms with Crippen molar-refractivity contribution in [2.45, 2.75) is 64.7 Å². The molecule has 0 amide bonds. The monoisotopic (exact) mass is 247 g/mol. The Bertz CT molecular complexity index is 319. The van der Waals surface area contributed by atoms with Crippen molar-refractivity contribution in [3.05, 3.63) is 35.4 Å². The maximum Gasteiger partial charge on any atom is -0.000824 e. The van der Waals surface area contributed by atoms with E-state index in [9.17, 15) is 0 Å². The molecule has 1 atom stereocenters. The molecule has 0 radical (unpaired) electrons. The largest absolute Gasteiger partial charge is 0.330 e. The first-order valence-corrected chi connectivity index (χ1v) is 7.54. The van der Waals surface area contributed by atoms with Crippen LogP contribution in [0.4, 0.5) is 0 Å². The number of hydrogen-bond acceptors (Lipinski definition) is 1. The average Bonchev–Trinajstić information content (AvgIpc) is 2.38. The number of rotatable bonds is 9. The summed E-state index contributed by atoms with van der Waals surface area (Å²) >= 11 is 0. The molecule has 0 aliphatic heterocycles. The first-order valence-electron chi connectivity index (χ1n) is 7.54. The highest BCUT2D eigenvalue weighted by Gasteiger charge is 2.09. The minimum atomic E-state index is 0.552. The third-order valence-electron chi connectivity index (χ3n) is 3.70. The predicted molar refractivity (Wildman–Crippen MR) is 81.0 cm³/mol. The summed E-state index contributed by atoms with van der Waals surface area (Å²) in [6, 6.07) is 8.81. The molecule has 2 N–H and O–H groups in total. The predicted octanol–water partition coefficient (Wildman–Crippen LogP) is 4.79. The third-order valence-corrected chi connectivity index (χ3v) is 3.70. The van der Waals surface area contributed by atoms with Crippen LogP contribution in [0.1, 0.15) is 68.9 Å². The van der Waals surface area contributed by atoms with Gasteiger partial charge in [0.1, 0.15) is 0 Å². The minimum absolute atomic E-state index is 0.552. The van der Waals surface area contributed by atoms with Gasteiger partial charge in [0.15, 0.2) is 0 Å². The van der Waals surface area contributed by atoms with Gasteiger partial charge in [0.25, 0.3) is 0 Å². The highest BCUT2D eigenvalue weighted by atomic mass is 14.5. The lowest BCUT2D eigenvalue weighted by molar-refractivity contribution is 0.542. The van der Waals surface area contributed by atoms with Gasteiger partial charge in [0.05, 0.1) is 0 Å². The van der Waals surface area contributed by atoms with Gasteiger partial charge >= 0.3 is 0 Å². The van der Waals surface area contributed by atoms with E-state index in [1.807, 2.05) is 0 Å². The fourth-order valence-corrected chi connectivity index (χ4v) is 2.52. The van der Waals surface area contributed by atoms with Gasteiger partial charge in [0, 0.05) is 0 Å². The van der Waals surface area contributed by atoms with Crippen LogP contribution in [0.3, 0.4) is 0 Å². The first kappa shape index (κ1) is 15.2. The van der Waals surface area contributed by atoms with Crippen LogP contribution >= 0.6 is 0 Å². The molecule has 0 fully saturated rings. The van der Waals surface area contributed by atoms with Crippen molar-refractivity contribution in [3.8, 4) is 0 Å². The SMILES string of the molecule is CCCCCCCCC(CN)c1cccc(C)c1. The van der Waals surface area contributed by atoms with Crippen LogP contribution in [0.2, 0.25) is 0 Å². The van der Waals surface area contributed by atoms with E-state index in [1.165, 1.54) is 56.1 Å². The van der Waals surface area contributed by atoms with Crippen molar-refractivity contribution in [2.24, 2.45) is 5.73 Å². The van der Waals surface area contributed by atoms with Crippen LogP contribution in [0, 0.1) is 6.92 Å². The summed E-state index contributed by atoms with van der Waals surface area (Å²) in [5, 5.41) is 0. The normalized spacial score (nSPS) is 12.6. The Hall–Kier alpha value is -0.820. The Labute approximate surface area is 113 Å². The Morgan fingerprint density at radius 1 is 1.06 bits per heavy atom. The number of benzene rings is 1. The molecule has 0 aliphatic rings. The molecular weight excluding hydrogens is 218 g/mol. The number of nitrogens with two attached hydrogens (primary N) is 1. The third kappa shape index (κ3) is 5.68. The zero-order chi connectivity index (χ0) is 13.2. The van der Waals surface area contributed by atoms with Crippen LogP contribution in [-0.4, -0.2) is 6.54 Å². The zero-order valence-corrected chi connectivity index (χ0v) is 12.1. The molecule has 1 heteroatoms. The summed E-state index contributed by atoms with van der Waals surface area (Å²) in [5.74, 6) is 0.552. The van der Waals surface area contributed by atoms with Crippen LogP contribution in [0.15, 0.2) is 24.3 Å². The molecule has 0 aromatic heterocycles. The fourth-order valence-electron chi connectivity index (χ4n) is 2.52. The molecule has 102 valence electrons. The summed E-state index contributed by atoms with van der Waals surface area (Å²) in [4.78, 5) is 0. The van der Waals surface area contributed by atoms with Gasteiger partial charge in [-0.05, 0) is 31.4 Å². The van der Waals surface area contributed by atoms with Crippen LogP contribution in [0.25, 0.3) is 0 Å². The topological polar surface area (TPSA) is 26.0 Å². The van der Waals surface area contributed by atoms with Gasteiger partial charge in [-0.3, -0.25) is 0 Å².